The maximum Gasteiger partial charge on any atom is 0.397 e. The molecule has 0 saturated carbocycles. The lowest BCUT2D eigenvalue weighted by molar-refractivity contribution is 0.140. The van der Waals surface area contributed by atoms with Gasteiger partial charge in [0.1, 0.15) is 5.76 Å². The Morgan fingerprint density at radius 1 is 1.17 bits per heavy atom. The smallest absolute Gasteiger partial charge is 0.397 e. The third kappa shape index (κ3) is 7.17. The molecule has 0 spiro atoms. The van der Waals surface area contributed by atoms with Crippen molar-refractivity contribution < 1.29 is 13.6 Å². The van der Waals surface area contributed by atoms with Crippen LogP contribution >= 0.6 is 8.60 Å². The van der Waals surface area contributed by atoms with Crippen molar-refractivity contribution in [3.8, 4) is 0 Å². The van der Waals surface area contributed by atoms with Crippen molar-refractivity contribution >= 4 is 8.60 Å². The maximum atomic E-state index is 6.10. The first-order valence-electron chi connectivity index (χ1n) is 8.96. The average Bonchev–Trinajstić information content (AvgIpc) is 2.88. The molecule has 0 aromatic rings. The van der Waals surface area contributed by atoms with Gasteiger partial charge in [-0.2, -0.15) is 0 Å². The van der Waals surface area contributed by atoms with Crippen LogP contribution in [0.2, 0.25) is 0 Å². The van der Waals surface area contributed by atoms with Gasteiger partial charge in [0.15, 0.2) is 0 Å². The Balaban J connectivity index is 1.93. The zero-order valence-electron chi connectivity index (χ0n) is 14.8. The van der Waals surface area contributed by atoms with Crippen LogP contribution < -0.4 is 0 Å². The Hall–Kier alpha value is -1.15. The molecule has 0 aromatic carbocycles. The Labute approximate surface area is 147 Å². The van der Waals surface area contributed by atoms with Crippen LogP contribution in [-0.4, -0.2) is 12.7 Å². The van der Waals surface area contributed by atoms with E-state index in [-0.39, 0.29) is 6.10 Å². The number of allylic oxidation sites excluding steroid dienone is 7. The molecule has 24 heavy (non-hydrogen) atoms. The fourth-order valence-electron chi connectivity index (χ4n) is 2.52. The van der Waals surface area contributed by atoms with Crippen LogP contribution in [0.1, 0.15) is 46.0 Å². The molecule has 132 valence electrons. The third-order valence-corrected chi connectivity index (χ3v) is 5.16. The highest BCUT2D eigenvalue weighted by atomic mass is 31.2. The van der Waals surface area contributed by atoms with Gasteiger partial charge in [-0.1, -0.05) is 69.2 Å². The van der Waals surface area contributed by atoms with E-state index in [1.54, 1.807) is 0 Å². The number of rotatable bonds is 10. The van der Waals surface area contributed by atoms with Crippen LogP contribution in [0.5, 0.6) is 0 Å². The van der Waals surface area contributed by atoms with Crippen molar-refractivity contribution in [2.45, 2.75) is 52.1 Å². The van der Waals surface area contributed by atoms with Gasteiger partial charge in [0, 0.05) is 0 Å². The molecule has 0 aliphatic heterocycles. The van der Waals surface area contributed by atoms with Gasteiger partial charge < -0.3 is 9.05 Å². The molecular weight excluding hydrogens is 319 g/mol. The zero-order chi connectivity index (χ0) is 17.0. The van der Waals surface area contributed by atoms with Crippen molar-refractivity contribution in [2.24, 2.45) is 5.92 Å². The molecule has 2 aliphatic rings. The summed E-state index contributed by atoms with van der Waals surface area (Å²) in [6, 6.07) is 0. The summed E-state index contributed by atoms with van der Waals surface area (Å²) in [6.45, 7) is 5.12. The van der Waals surface area contributed by atoms with Crippen LogP contribution in [0.15, 0.2) is 60.4 Å². The summed E-state index contributed by atoms with van der Waals surface area (Å²) in [5, 5.41) is 0. The molecule has 0 fully saturated rings. The minimum Gasteiger partial charge on any atom is -0.427 e. The maximum absolute atomic E-state index is 6.10. The molecule has 0 amide bonds. The Morgan fingerprint density at radius 2 is 2.04 bits per heavy atom. The highest BCUT2D eigenvalue weighted by Gasteiger charge is 2.22. The molecule has 2 aliphatic carbocycles. The van der Waals surface area contributed by atoms with Crippen molar-refractivity contribution in [1.82, 2.24) is 0 Å². The van der Waals surface area contributed by atoms with E-state index in [4.69, 9.17) is 13.6 Å². The van der Waals surface area contributed by atoms with E-state index in [9.17, 15) is 0 Å². The Bertz CT molecular complexity index is 505. The van der Waals surface area contributed by atoms with Gasteiger partial charge in [-0.25, -0.2) is 0 Å². The molecule has 4 heteroatoms. The van der Waals surface area contributed by atoms with Crippen molar-refractivity contribution in [3.05, 3.63) is 60.4 Å². The highest BCUT2D eigenvalue weighted by molar-refractivity contribution is 7.41. The van der Waals surface area contributed by atoms with Gasteiger partial charge in [-0.3, -0.25) is 4.52 Å². The van der Waals surface area contributed by atoms with Crippen LogP contribution in [-0.2, 0) is 13.6 Å². The second-order valence-corrected chi connectivity index (χ2v) is 7.09. The molecule has 2 rings (SSSR count). The molecule has 3 nitrogen and oxygen atoms in total. The molecule has 3 unspecified atom stereocenters. The van der Waals surface area contributed by atoms with Gasteiger partial charge in [0.05, 0.1) is 12.7 Å². The van der Waals surface area contributed by atoms with Gasteiger partial charge in [0.25, 0.3) is 0 Å². The Morgan fingerprint density at radius 3 is 2.79 bits per heavy atom. The summed E-state index contributed by atoms with van der Waals surface area (Å²) in [7, 11) is -1.40. The largest absolute Gasteiger partial charge is 0.427 e. The monoisotopic (exact) mass is 348 g/mol. The van der Waals surface area contributed by atoms with Crippen molar-refractivity contribution in [2.75, 3.05) is 6.61 Å². The zero-order valence-corrected chi connectivity index (χ0v) is 15.7. The van der Waals surface area contributed by atoms with Gasteiger partial charge in [-0.05, 0) is 37.3 Å². The van der Waals surface area contributed by atoms with Crippen molar-refractivity contribution in [3.63, 3.8) is 0 Å². The predicted molar refractivity (Wildman–Crippen MR) is 101 cm³/mol. The van der Waals surface area contributed by atoms with Crippen LogP contribution in [0.3, 0.4) is 0 Å². The molecule has 0 radical (unpaired) electrons. The van der Waals surface area contributed by atoms with E-state index in [1.165, 1.54) is 12.8 Å². The first-order chi connectivity index (χ1) is 11.8. The highest BCUT2D eigenvalue weighted by Crippen LogP contribution is 2.45. The lowest BCUT2D eigenvalue weighted by Gasteiger charge is -2.24. The minimum absolute atomic E-state index is 0.0286. The fourth-order valence-corrected chi connectivity index (χ4v) is 3.69. The summed E-state index contributed by atoms with van der Waals surface area (Å²) in [6.07, 6.45) is 23.6. The number of hydrogen-bond acceptors (Lipinski definition) is 3. The summed E-state index contributed by atoms with van der Waals surface area (Å²) in [5.41, 5.74) is 0. The second kappa shape index (κ2) is 11.4. The molecular formula is C20H29O3P. The summed E-state index contributed by atoms with van der Waals surface area (Å²) in [5.74, 6) is 1.39. The van der Waals surface area contributed by atoms with Gasteiger partial charge >= 0.3 is 8.60 Å². The number of hydrogen-bond donors (Lipinski definition) is 0. The standard InChI is InChI=1S/C20H29O3P/c1-3-12-18(4-2)17-21-24(23-20-15-10-7-11-16-20)22-19-13-8-5-6-9-14-19/h5-8,10-11,13-15,18,20H,3-4,9,12,16-17H2,1-2H3. The minimum atomic E-state index is -1.40. The third-order valence-electron chi connectivity index (χ3n) is 4.00. The van der Waals surface area contributed by atoms with Gasteiger partial charge in [-0.15, -0.1) is 0 Å². The first kappa shape index (κ1) is 19.2. The molecule has 3 atom stereocenters. The lowest BCUT2D eigenvalue weighted by atomic mass is 10.0. The summed E-state index contributed by atoms with van der Waals surface area (Å²) < 4.78 is 18.2. The fraction of sp³-hybridized carbons (Fsp3) is 0.500. The summed E-state index contributed by atoms with van der Waals surface area (Å²) >= 11 is 0. The predicted octanol–water partition coefficient (Wildman–Crippen LogP) is 6.37. The van der Waals surface area contributed by atoms with E-state index in [0.717, 1.165) is 25.0 Å². The SMILES string of the molecule is CCCC(CC)COP(OC1=CCC=CC=C1)OC1C=CC=CC1. The van der Waals surface area contributed by atoms with E-state index in [0.29, 0.717) is 12.5 Å². The Kier molecular flexibility index (Phi) is 9.12. The van der Waals surface area contributed by atoms with Crippen molar-refractivity contribution in [1.29, 1.82) is 0 Å². The first-order valence-corrected chi connectivity index (χ1v) is 10.1. The van der Waals surface area contributed by atoms with Crippen LogP contribution in [0, 0.1) is 5.92 Å². The quantitative estimate of drug-likeness (QED) is 0.429. The van der Waals surface area contributed by atoms with Crippen LogP contribution in [0.4, 0.5) is 0 Å². The van der Waals surface area contributed by atoms with E-state index < -0.39 is 8.60 Å². The molecule has 0 aromatic heterocycles. The molecule has 0 N–H and O–H groups in total. The molecule has 0 saturated heterocycles. The van der Waals surface area contributed by atoms with E-state index in [1.807, 2.05) is 30.4 Å². The topological polar surface area (TPSA) is 27.7 Å². The average molecular weight is 348 g/mol. The van der Waals surface area contributed by atoms with Crippen LogP contribution in [0.25, 0.3) is 0 Å². The van der Waals surface area contributed by atoms with Gasteiger partial charge in [0.2, 0.25) is 0 Å². The molecule has 0 bridgehead atoms. The van der Waals surface area contributed by atoms with E-state index in [2.05, 4.69) is 38.2 Å². The summed E-state index contributed by atoms with van der Waals surface area (Å²) in [4.78, 5) is 0. The van der Waals surface area contributed by atoms with E-state index >= 15 is 0 Å². The molecule has 0 heterocycles. The second-order valence-electron chi connectivity index (χ2n) is 6.00. The normalized spacial score (nSPS) is 22.1. The lowest BCUT2D eigenvalue weighted by Crippen LogP contribution is -2.12.